The van der Waals surface area contributed by atoms with E-state index in [1.807, 2.05) is 0 Å². The number of alkyl halides is 1. The smallest absolute Gasteiger partial charge is 0.137 e. The molecular weight excluding hydrogens is 233 g/mol. The zero-order valence-corrected chi connectivity index (χ0v) is 11.0. The average Bonchev–Trinajstić information content (AvgIpc) is 2.64. The van der Waals surface area contributed by atoms with Crippen molar-refractivity contribution in [2.75, 3.05) is 27.3 Å². The van der Waals surface area contributed by atoms with Gasteiger partial charge in [0, 0.05) is 6.07 Å². The minimum Gasteiger partial charge on any atom is -0.497 e. The van der Waals surface area contributed by atoms with Crippen LogP contribution in [-0.2, 0) is 5.67 Å². The second-order valence-electron chi connectivity index (χ2n) is 4.67. The van der Waals surface area contributed by atoms with Crippen molar-refractivity contribution in [1.29, 1.82) is 0 Å². The number of rotatable bonds is 3. The predicted octanol–water partition coefficient (Wildman–Crippen LogP) is 2.64. The van der Waals surface area contributed by atoms with Crippen molar-refractivity contribution in [2.45, 2.75) is 24.9 Å². The summed E-state index contributed by atoms with van der Waals surface area (Å²) in [5.74, 6) is 1.28. The van der Waals surface area contributed by atoms with E-state index in [-0.39, 0.29) is 0 Å². The number of methoxy groups -OCH3 is 2. The molecule has 0 aromatic heterocycles. The molecule has 1 fully saturated rings. The summed E-state index contributed by atoms with van der Waals surface area (Å²) in [6.07, 6.45) is 1.87. The summed E-state index contributed by atoms with van der Waals surface area (Å²) in [4.78, 5) is 0. The summed E-state index contributed by atoms with van der Waals surface area (Å²) in [7, 11) is 3.16. The van der Waals surface area contributed by atoms with Crippen LogP contribution in [0.2, 0.25) is 0 Å². The van der Waals surface area contributed by atoms with E-state index in [4.69, 9.17) is 9.47 Å². The van der Waals surface area contributed by atoms with Crippen molar-refractivity contribution in [3.05, 3.63) is 23.8 Å². The van der Waals surface area contributed by atoms with Gasteiger partial charge in [0.15, 0.2) is 0 Å². The monoisotopic (exact) mass is 253 g/mol. The van der Waals surface area contributed by atoms with Crippen LogP contribution in [0.5, 0.6) is 11.5 Å². The fraction of sp³-hybridized carbons (Fsp3) is 0.571. The molecule has 0 saturated carbocycles. The molecule has 1 unspecified atom stereocenters. The lowest BCUT2D eigenvalue weighted by atomic mass is 9.88. The largest absolute Gasteiger partial charge is 0.497 e. The fourth-order valence-corrected chi connectivity index (χ4v) is 2.38. The lowest BCUT2D eigenvalue weighted by molar-refractivity contribution is 0.144. The molecule has 1 aliphatic rings. The van der Waals surface area contributed by atoms with Gasteiger partial charge in [0.2, 0.25) is 0 Å². The topological polar surface area (TPSA) is 30.5 Å². The van der Waals surface area contributed by atoms with Gasteiger partial charge in [-0.3, -0.25) is 0 Å². The molecule has 1 aromatic rings. The fourth-order valence-electron chi connectivity index (χ4n) is 2.38. The standard InChI is InChI=1S/C14H20FNO2/c1-17-12-8-11(9-13(10-12)18-2)14(15)4-3-6-16-7-5-14/h8-10,16H,3-7H2,1-2H3. The summed E-state index contributed by atoms with van der Waals surface area (Å²) in [6.45, 7) is 1.59. The first kappa shape index (κ1) is 13.1. The second-order valence-corrected chi connectivity index (χ2v) is 4.67. The third-order valence-corrected chi connectivity index (χ3v) is 3.49. The summed E-state index contributed by atoms with van der Waals surface area (Å²) in [5, 5.41) is 3.23. The molecule has 0 spiro atoms. The van der Waals surface area contributed by atoms with Crippen LogP contribution in [0.15, 0.2) is 18.2 Å². The van der Waals surface area contributed by atoms with Gasteiger partial charge in [0.25, 0.3) is 0 Å². The highest BCUT2D eigenvalue weighted by atomic mass is 19.1. The van der Waals surface area contributed by atoms with Gasteiger partial charge >= 0.3 is 0 Å². The van der Waals surface area contributed by atoms with Gasteiger partial charge in [-0.05, 0) is 50.0 Å². The van der Waals surface area contributed by atoms with Crippen molar-refractivity contribution in [3.8, 4) is 11.5 Å². The lowest BCUT2D eigenvalue weighted by Gasteiger charge is -2.24. The summed E-state index contributed by atoms with van der Waals surface area (Å²) in [5.41, 5.74) is -0.631. The summed E-state index contributed by atoms with van der Waals surface area (Å²) >= 11 is 0. The number of hydrogen-bond donors (Lipinski definition) is 1. The van der Waals surface area contributed by atoms with E-state index < -0.39 is 5.67 Å². The van der Waals surface area contributed by atoms with Gasteiger partial charge in [0.1, 0.15) is 17.2 Å². The highest BCUT2D eigenvalue weighted by molar-refractivity contribution is 5.41. The maximum Gasteiger partial charge on any atom is 0.137 e. The third kappa shape index (κ3) is 2.75. The molecule has 2 rings (SSSR count). The first-order valence-corrected chi connectivity index (χ1v) is 6.31. The molecule has 18 heavy (non-hydrogen) atoms. The van der Waals surface area contributed by atoms with Crippen LogP contribution in [0, 0.1) is 0 Å². The number of halogens is 1. The van der Waals surface area contributed by atoms with Gasteiger partial charge in [-0.25, -0.2) is 4.39 Å². The maximum atomic E-state index is 15.0. The molecule has 1 saturated heterocycles. The van der Waals surface area contributed by atoms with Crippen molar-refractivity contribution in [1.82, 2.24) is 5.32 Å². The van der Waals surface area contributed by atoms with Crippen LogP contribution in [0.3, 0.4) is 0 Å². The van der Waals surface area contributed by atoms with Gasteiger partial charge in [-0.2, -0.15) is 0 Å². The van der Waals surface area contributed by atoms with Crippen LogP contribution in [0.1, 0.15) is 24.8 Å². The molecule has 1 aromatic carbocycles. The molecule has 3 nitrogen and oxygen atoms in total. The van der Waals surface area contributed by atoms with Crippen LogP contribution < -0.4 is 14.8 Å². The number of hydrogen-bond acceptors (Lipinski definition) is 3. The maximum absolute atomic E-state index is 15.0. The Morgan fingerprint density at radius 1 is 1.06 bits per heavy atom. The van der Waals surface area contributed by atoms with Crippen LogP contribution in [-0.4, -0.2) is 27.3 Å². The Hall–Kier alpha value is -1.29. The van der Waals surface area contributed by atoms with Crippen LogP contribution >= 0.6 is 0 Å². The van der Waals surface area contributed by atoms with E-state index in [2.05, 4.69) is 5.32 Å². The third-order valence-electron chi connectivity index (χ3n) is 3.49. The Kier molecular flexibility index (Phi) is 4.07. The zero-order valence-electron chi connectivity index (χ0n) is 11.0. The van der Waals surface area contributed by atoms with E-state index in [1.165, 1.54) is 0 Å². The summed E-state index contributed by atoms with van der Waals surface area (Å²) < 4.78 is 25.5. The molecule has 0 aliphatic carbocycles. The first-order chi connectivity index (χ1) is 8.68. The zero-order chi connectivity index (χ0) is 13.0. The van der Waals surface area contributed by atoms with E-state index in [0.29, 0.717) is 36.4 Å². The number of nitrogens with one attached hydrogen (secondary N) is 1. The Morgan fingerprint density at radius 2 is 1.72 bits per heavy atom. The van der Waals surface area contributed by atoms with E-state index in [9.17, 15) is 0 Å². The van der Waals surface area contributed by atoms with E-state index >= 15 is 4.39 Å². The Morgan fingerprint density at radius 3 is 2.33 bits per heavy atom. The Balaban J connectivity index is 2.35. The molecule has 1 atom stereocenters. The van der Waals surface area contributed by atoms with Gasteiger partial charge < -0.3 is 14.8 Å². The normalized spacial score (nSPS) is 24.4. The molecule has 1 aliphatic heterocycles. The quantitative estimate of drug-likeness (QED) is 0.898. The molecule has 1 heterocycles. The summed E-state index contributed by atoms with van der Waals surface area (Å²) in [6, 6.07) is 5.31. The predicted molar refractivity (Wildman–Crippen MR) is 69.1 cm³/mol. The average molecular weight is 253 g/mol. The first-order valence-electron chi connectivity index (χ1n) is 6.31. The molecule has 0 radical (unpaired) electrons. The molecule has 100 valence electrons. The Labute approximate surface area is 107 Å². The van der Waals surface area contributed by atoms with Crippen molar-refractivity contribution in [2.24, 2.45) is 0 Å². The van der Waals surface area contributed by atoms with Crippen molar-refractivity contribution in [3.63, 3.8) is 0 Å². The molecule has 4 heteroatoms. The lowest BCUT2D eigenvalue weighted by Crippen LogP contribution is -2.22. The molecule has 1 N–H and O–H groups in total. The van der Waals surface area contributed by atoms with Gasteiger partial charge in [0.05, 0.1) is 14.2 Å². The molecule has 0 bridgehead atoms. The minimum atomic E-state index is -1.29. The molecule has 0 amide bonds. The van der Waals surface area contributed by atoms with Crippen LogP contribution in [0.4, 0.5) is 4.39 Å². The second kappa shape index (κ2) is 5.57. The highest BCUT2D eigenvalue weighted by Gasteiger charge is 2.33. The Bertz CT molecular complexity index is 379. The number of benzene rings is 1. The highest BCUT2D eigenvalue weighted by Crippen LogP contribution is 2.39. The number of ether oxygens (including phenoxy) is 2. The molecular formula is C14H20FNO2. The van der Waals surface area contributed by atoms with Gasteiger partial charge in [-0.1, -0.05) is 0 Å². The van der Waals surface area contributed by atoms with E-state index in [1.54, 1.807) is 32.4 Å². The van der Waals surface area contributed by atoms with Crippen LogP contribution in [0.25, 0.3) is 0 Å². The van der Waals surface area contributed by atoms with Crippen molar-refractivity contribution >= 4 is 0 Å². The van der Waals surface area contributed by atoms with E-state index in [0.717, 1.165) is 13.0 Å². The minimum absolute atomic E-state index is 0.489. The van der Waals surface area contributed by atoms with Crippen molar-refractivity contribution < 1.29 is 13.9 Å². The van der Waals surface area contributed by atoms with Gasteiger partial charge in [-0.15, -0.1) is 0 Å². The SMILES string of the molecule is COc1cc(OC)cc(C2(F)CCCNCC2)c1.